The molecule has 0 unspecified atom stereocenters. The van der Waals surface area contributed by atoms with Crippen molar-refractivity contribution < 1.29 is 14.3 Å². The highest BCUT2D eigenvalue weighted by molar-refractivity contribution is 5.84. The highest BCUT2D eigenvalue weighted by atomic mass is 16.5. The van der Waals surface area contributed by atoms with Gasteiger partial charge in [0.1, 0.15) is 5.54 Å². The van der Waals surface area contributed by atoms with Gasteiger partial charge in [-0.25, -0.2) is 0 Å². The van der Waals surface area contributed by atoms with E-state index in [1.54, 1.807) is 0 Å². The Morgan fingerprint density at radius 1 is 1.25 bits per heavy atom. The smallest absolute Gasteiger partial charge is 0.311 e. The lowest BCUT2D eigenvalue weighted by atomic mass is 9.83. The summed E-state index contributed by atoms with van der Waals surface area (Å²) in [6.45, 7) is 3.51. The molecule has 0 saturated heterocycles. The summed E-state index contributed by atoms with van der Waals surface area (Å²) in [5, 5.41) is 12.2. The highest BCUT2D eigenvalue weighted by Gasteiger charge is 2.35. The average Bonchev–Trinajstić information content (AvgIpc) is 2.57. The van der Waals surface area contributed by atoms with Crippen molar-refractivity contribution in [2.24, 2.45) is 0 Å². The molecule has 1 aromatic carbocycles. The van der Waals surface area contributed by atoms with Crippen LogP contribution in [0.15, 0.2) is 24.3 Å². The zero-order valence-electron chi connectivity index (χ0n) is 14.3. The molecule has 0 aromatic heterocycles. The van der Waals surface area contributed by atoms with E-state index in [1.807, 2.05) is 31.2 Å². The third-order valence-electron chi connectivity index (χ3n) is 4.43. The van der Waals surface area contributed by atoms with Crippen LogP contribution in [0, 0.1) is 18.3 Å². The van der Waals surface area contributed by atoms with Crippen LogP contribution in [0.3, 0.4) is 0 Å². The molecule has 0 bridgehead atoms. The van der Waals surface area contributed by atoms with Crippen LogP contribution >= 0.6 is 0 Å². The Morgan fingerprint density at radius 2 is 1.88 bits per heavy atom. The van der Waals surface area contributed by atoms with Crippen molar-refractivity contribution in [3.63, 3.8) is 0 Å². The Morgan fingerprint density at radius 3 is 2.46 bits per heavy atom. The predicted molar refractivity (Wildman–Crippen MR) is 90.0 cm³/mol. The number of hydrogen-bond donors (Lipinski definition) is 1. The molecule has 0 heterocycles. The second kappa shape index (κ2) is 7.96. The Bertz CT molecular complexity index is 625. The number of nitriles is 1. The van der Waals surface area contributed by atoms with Gasteiger partial charge in [0.15, 0.2) is 6.10 Å². The lowest BCUT2D eigenvalue weighted by Gasteiger charge is -2.32. The molecule has 128 valence electrons. The van der Waals surface area contributed by atoms with Crippen LogP contribution in [0.25, 0.3) is 0 Å². The van der Waals surface area contributed by atoms with E-state index in [1.165, 1.54) is 6.92 Å². The van der Waals surface area contributed by atoms with Gasteiger partial charge < -0.3 is 10.1 Å². The molecular weight excluding hydrogens is 304 g/mol. The molecular formula is C19H24N2O3. The van der Waals surface area contributed by atoms with Crippen molar-refractivity contribution in [3.05, 3.63) is 35.4 Å². The molecule has 1 N–H and O–H groups in total. The lowest BCUT2D eigenvalue weighted by molar-refractivity contribution is -0.154. The van der Waals surface area contributed by atoms with E-state index in [2.05, 4.69) is 11.4 Å². The Balaban J connectivity index is 1.87. The zero-order chi connectivity index (χ0) is 17.6. The molecule has 1 fully saturated rings. The van der Waals surface area contributed by atoms with Crippen molar-refractivity contribution in [1.29, 1.82) is 5.26 Å². The molecule has 1 atom stereocenters. The number of carbonyl (C=O) groups is 2. The Kier molecular flexibility index (Phi) is 5.97. The standard InChI is InChI=1S/C19H24N2O3/c1-14-6-8-16(9-7-14)12-17(22)24-15(2)18(23)21-19(13-20)10-4-3-5-11-19/h6-9,15H,3-5,10-12H2,1-2H3,(H,21,23)/t15-/m1/s1. The number of aryl methyl sites for hydroxylation is 1. The van der Waals surface area contributed by atoms with E-state index in [0.29, 0.717) is 12.8 Å². The van der Waals surface area contributed by atoms with Crippen LogP contribution in [0.1, 0.15) is 50.2 Å². The van der Waals surface area contributed by atoms with Crippen molar-refractivity contribution in [2.75, 3.05) is 0 Å². The van der Waals surface area contributed by atoms with Gasteiger partial charge in [0.2, 0.25) is 0 Å². The maximum Gasteiger partial charge on any atom is 0.311 e. The number of nitrogens with one attached hydrogen (secondary N) is 1. The van der Waals surface area contributed by atoms with Crippen LogP contribution in [0.4, 0.5) is 0 Å². The zero-order valence-corrected chi connectivity index (χ0v) is 14.3. The average molecular weight is 328 g/mol. The van der Waals surface area contributed by atoms with Gasteiger partial charge in [-0.05, 0) is 32.3 Å². The van der Waals surface area contributed by atoms with E-state index in [0.717, 1.165) is 30.4 Å². The van der Waals surface area contributed by atoms with E-state index < -0.39 is 23.5 Å². The monoisotopic (exact) mass is 328 g/mol. The van der Waals surface area contributed by atoms with Gasteiger partial charge in [0.25, 0.3) is 5.91 Å². The van der Waals surface area contributed by atoms with Crippen molar-refractivity contribution in [1.82, 2.24) is 5.32 Å². The first-order chi connectivity index (χ1) is 11.4. The molecule has 2 rings (SSSR count). The van der Waals surface area contributed by atoms with Gasteiger partial charge in [0, 0.05) is 0 Å². The van der Waals surface area contributed by atoms with Gasteiger partial charge in [-0.3, -0.25) is 9.59 Å². The maximum atomic E-state index is 12.3. The summed E-state index contributed by atoms with van der Waals surface area (Å²) in [4.78, 5) is 24.3. The van der Waals surface area contributed by atoms with E-state index in [-0.39, 0.29) is 6.42 Å². The van der Waals surface area contributed by atoms with Crippen molar-refractivity contribution in [2.45, 2.75) is 64.0 Å². The molecule has 5 nitrogen and oxygen atoms in total. The minimum absolute atomic E-state index is 0.126. The first-order valence-electron chi connectivity index (χ1n) is 8.42. The van der Waals surface area contributed by atoms with Gasteiger partial charge in [-0.15, -0.1) is 0 Å². The van der Waals surface area contributed by atoms with Gasteiger partial charge in [-0.1, -0.05) is 49.1 Å². The molecule has 1 aromatic rings. The second-order valence-corrected chi connectivity index (χ2v) is 6.54. The minimum Gasteiger partial charge on any atom is -0.452 e. The van der Waals surface area contributed by atoms with E-state index in [9.17, 15) is 14.9 Å². The summed E-state index contributed by atoms with van der Waals surface area (Å²) in [6, 6.07) is 9.83. The largest absolute Gasteiger partial charge is 0.452 e. The van der Waals surface area contributed by atoms with Gasteiger partial charge in [-0.2, -0.15) is 5.26 Å². The number of carbonyl (C=O) groups excluding carboxylic acids is 2. The maximum absolute atomic E-state index is 12.3. The van der Waals surface area contributed by atoms with Crippen LogP contribution in [0.2, 0.25) is 0 Å². The lowest BCUT2D eigenvalue weighted by Crippen LogP contribution is -2.52. The topological polar surface area (TPSA) is 79.2 Å². The molecule has 1 saturated carbocycles. The first-order valence-corrected chi connectivity index (χ1v) is 8.42. The normalized spacial score (nSPS) is 17.4. The summed E-state index contributed by atoms with van der Waals surface area (Å²) in [5.41, 5.74) is 1.15. The summed E-state index contributed by atoms with van der Waals surface area (Å²) in [7, 11) is 0. The van der Waals surface area contributed by atoms with Crippen molar-refractivity contribution >= 4 is 11.9 Å². The summed E-state index contributed by atoms with van der Waals surface area (Å²) < 4.78 is 5.22. The van der Waals surface area contributed by atoms with E-state index in [4.69, 9.17) is 4.74 Å². The van der Waals surface area contributed by atoms with Gasteiger partial charge >= 0.3 is 5.97 Å². The molecule has 0 aliphatic heterocycles. The predicted octanol–water partition coefficient (Wildman–Crippen LogP) is 2.81. The fraction of sp³-hybridized carbons (Fsp3) is 0.526. The second-order valence-electron chi connectivity index (χ2n) is 6.54. The summed E-state index contributed by atoms with van der Waals surface area (Å²) in [6.07, 6.45) is 3.46. The fourth-order valence-corrected chi connectivity index (χ4v) is 2.92. The molecule has 1 aliphatic rings. The number of benzene rings is 1. The summed E-state index contributed by atoms with van der Waals surface area (Å²) in [5.74, 6) is -0.855. The van der Waals surface area contributed by atoms with Crippen LogP contribution in [0.5, 0.6) is 0 Å². The van der Waals surface area contributed by atoms with Crippen LogP contribution in [-0.4, -0.2) is 23.5 Å². The van der Waals surface area contributed by atoms with E-state index >= 15 is 0 Å². The van der Waals surface area contributed by atoms with Crippen molar-refractivity contribution in [3.8, 4) is 6.07 Å². The fourth-order valence-electron chi connectivity index (χ4n) is 2.92. The Labute approximate surface area is 143 Å². The SMILES string of the molecule is Cc1ccc(CC(=O)O[C@H](C)C(=O)NC2(C#N)CCCCC2)cc1. The minimum atomic E-state index is -0.907. The Hall–Kier alpha value is -2.35. The molecule has 1 amide bonds. The molecule has 0 spiro atoms. The molecule has 5 heteroatoms. The van der Waals surface area contributed by atoms with Crippen LogP contribution in [-0.2, 0) is 20.7 Å². The number of hydrogen-bond acceptors (Lipinski definition) is 4. The van der Waals surface area contributed by atoms with Gasteiger partial charge in [0.05, 0.1) is 12.5 Å². The molecule has 1 aliphatic carbocycles. The number of esters is 1. The number of ether oxygens (including phenoxy) is 1. The summed E-state index contributed by atoms with van der Waals surface area (Å²) >= 11 is 0. The molecule has 24 heavy (non-hydrogen) atoms. The molecule has 0 radical (unpaired) electrons. The number of nitrogens with zero attached hydrogens (tertiary/aromatic N) is 1. The number of rotatable bonds is 5. The first kappa shape index (κ1) is 18.0. The number of amides is 1. The highest BCUT2D eigenvalue weighted by Crippen LogP contribution is 2.27. The van der Waals surface area contributed by atoms with Crippen LogP contribution < -0.4 is 5.32 Å². The quantitative estimate of drug-likeness (QED) is 0.843. The third kappa shape index (κ3) is 4.82. The third-order valence-corrected chi connectivity index (χ3v) is 4.43.